The smallest absolute Gasteiger partial charge is 0.154 e. The number of nitrogens with one attached hydrogen (secondary N) is 2. The lowest BCUT2D eigenvalue weighted by Gasteiger charge is -2.40. The Bertz CT molecular complexity index is 1310. The van der Waals surface area contributed by atoms with Gasteiger partial charge in [0.25, 0.3) is 0 Å². The Morgan fingerprint density at radius 3 is 2.71 bits per heavy atom. The number of pyridine rings is 3. The lowest BCUT2D eigenvalue weighted by molar-refractivity contribution is -0.0122. The molecule has 2 fully saturated rings. The van der Waals surface area contributed by atoms with Crippen molar-refractivity contribution in [2.24, 2.45) is 0 Å². The van der Waals surface area contributed by atoms with Crippen molar-refractivity contribution >= 4 is 17.2 Å². The van der Waals surface area contributed by atoms with E-state index in [1.54, 1.807) is 6.07 Å². The first-order valence-electron chi connectivity index (χ1n) is 11.5. The number of hydrogen-bond acceptors (Lipinski definition) is 7. The van der Waals surface area contributed by atoms with E-state index in [2.05, 4.69) is 37.8 Å². The number of hydrogen-bond donors (Lipinski definition) is 2. The van der Waals surface area contributed by atoms with Gasteiger partial charge in [0.15, 0.2) is 5.82 Å². The third kappa shape index (κ3) is 4.20. The van der Waals surface area contributed by atoms with Crippen LogP contribution < -0.4 is 15.4 Å². The SMILES string of the molecule is Cc1cc(-c2cccn3nc(Nc4ccc(F)cn4)cc23)c(OC2CC3COCC(C2)N3)cn1. The Labute approximate surface area is 196 Å². The third-order valence-electron chi connectivity index (χ3n) is 6.28. The zero-order chi connectivity index (χ0) is 23.1. The van der Waals surface area contributed by atoms with Gasteiger partial charge in [0.1, 0.15) is 23.5 Å². The maximum atomic E-state index is 13.2. The maximum Gasteiger partial charge on any atom is 0.154 e. The molecule has 6 heterocycles. The molecule has 34 heavy (non-hydrogen) atoms. The first kappa shape index (κ1) is 21.0. The first-order valence-corrected chi connectivity index (χ1v) is 11.5. The molecule has 4 aromatic rings. The molecule has 6 rings (SSSR count). The van der Waals surface area contributed by atoms with Crippen molar-refractivity contribution in [1.29, 1.82) is 0 Å². The second-order valence-corrected chi connectivity index (χ2v) is 8.90. The van der Waals surface area contributed by atoms with Crippen LogP contribution in [-0.4, -0.2) is 51.0 Å². The fraction of sp³-hybridized carbons (Fsp3) is 0.320. The maximum absolute atomic E-state index is 13.2. The van der Waals surface area contributed by atoms with Crippen molar-refractivity contribution in [2.45, 2.75) is 38.0 Å². The summed E-state index contributed by atoms with van der Waals surface area (Å²) in [6.45, 7) is 3.43. The van der Waals surface area contributed by atoms with Crippen molar-refractivity contribution < 1.29 is 13.9 Å². The van der Waals surface area contributed by atoms with E-state index in [9.17, 15) is 4.39 Å². The van der Waals surface area contributed by atoms with Crippen LogP contribution in [0.25, 0.3) is 16.6 Å². The number of anilines is 2. The van der Waals surface area contributed by atoms with Gasteiger partial charge in [0.2, 0.25) is 0 Å². The molecule has 9 heteroatoms. The van der Waals surface area contributed by atoms with Crippen molar-refractivity contribution in [3.05, 3.63) is 66.5 Å². The van der Waals surface area contributed by atoms with Crippen LogP contribution in [-0.2, 0) is 4.74 Å². The second-order valence-electron chi connectivity index (χ2n) is 8.90. The number of aryl methyl sites for hydroxylation is 1. The monoisotopic (exact) mass is 460 g/mol. The summed E-state index contributed by atoms with van der Waals surface area (Å²) in [7, 11) is 0. The Morgan fingerprint density at radius 2 is 1.91 bits per heavy atom. The van der Waals surface area contributed by atoms with Gasteiger partial charge in [-0.2, -0.15) is 5.10 Å². The molecule has 2 aliphatic heterocycles. The molecule has 2 bridgehead atoms. The summed E-state index contributed by atoms with van der Waals surface area (Å²) in [6, 6.07) is 11.6. The van der Waals surface area contributed by atoms with Crippen LogP contribution in [0.15, 0.2) is 55.0 Å². The Morgan fingerprint density at radius 1 is 1.06 bits per heavy atom. The molecule has 2 saturated heterocycles. The van der Waals surface area contributed by atoms with E-state index in [4.69, 9.17) is 9.47 Å². The molecule has 4 aromatic heterocycles. The average Bonchev–Trinajstić information content (AvgIpc) is 3.24. The highest BCUT2D eigenvalue weighted by Gasteiger charge is 2.33. The average molecular weight is 461 g/mol. The van der Waals surface area contributed by atoms with E-state index in [-0.39, 0.29) is 11.9 Å². The third-order valence-corrected chi connectivity index (χ3v) is 6.28. The van der Waals surface area contributed by atoms with Crippen molar-refractivity contribution in [2.75, 3.05) is 18.5 Å². The van der Waals surface area contributed by atoms with E-state index in [1.807, 2.05) is 36.0 Å². The van der Waals surface area contributed by atoms with E-state index >= 15 is 0 Å². The van der Waals surface area contributed by atoms with Gasteiger partial charge in [-0.3, -0.25) is 4.98 Å². The van der Waals surface area contributed by atoms with Crippen LogP contribution in [0.5, 0.6) is 5.75 Å². The number of ether oxygens (including phenoxy) is 2. The summed E-state index contributed by atoms with van der Waals surface area (Å²) in [4.78, 5) is 8.57. The normalized spacial score (nSPS) is 22.0. The molecular weight excluding hydrogens is 435 g/mol. The Kier molecular flexibility index (Phi) is 5.35. The minimum atomic E-state index is -0.381. The van der Waals surface area contributed by atoms with Crippen molar-refractivity contribution in [1.82, 2.24) is 24.9 Å². The van der Waals surface area contributed by atoms with Gasteiger partial charge in [0, 0.05) is 54.0 Å². The van der Waals surface area contributed by atoms with Gasteiger partial charge in [-0.15, -0.1) is 0 Å². The van der Waals surface area contributed by atoms with E-state index in [0.717, 1.165) is 54.1 Å². The van der Waals surface area contributed by atoms with Gasteiger partial charge in [-0.1, -0.05) is 6.07 Å². The summed E-state index contributed by atoms with van der Waals surface area (Å²) in [6.07, 6.45) is 6.80. The second kappa shape index (κ2) is 8.66. The molecule has 0 saturated carbocycles. The van der Waals surface area contributed by atoms with E-state index in [1.165, 1.54) is 12.3 Å². The van der Waals surface area contributed by atoms with E-state index < -0.39 is 0 Å². The van der Waals surface area contributed by atoms with Gasteiger partial charge in [0.05, 0.1) is 31.1 Å². The van der Waals surface area contributed by atoms with Gasteiger partial charge < -0.3 is 20.1 Å². The molecule has 0 aromatic carbocycles. The molecule has 2 aliphatic rings. The Hall–Kier alpha value is -3.56. The molecule has 0 spiro atoms. The number of rotatable bonds is 5. The molecule has 0 aliphatic carbocycles. The fourth-order valence-corrected chi connectivity index (χ4v) is 4.80. The van der Waals surface area contributed by atoms with E-state index in [0.29, 0.717) is 23.7 Å². The predicted octanol–water partition coefficient (Wildman–Crippen LogP) is 3.88. The highest BCUT2D eigenvalue weighted by atomic mass is 19.1. The van der Waals surface area contributed by atoms with Crippen molar-refractivity contribution in [3.8, 4) is 16.9 Å². The van der Waals surface area contributed by atoms with Crippen LogP contribution in [0, 0.1) is 12.7 Å². The highest BCUT2D eigenvalue weighted by molar-refractivity contribution is 5.85. The molecule has 0 radical (unpaired) electrons. The molecule has 2 N–H and O–H groups in total. The number of aromatic nitrogens is 4. The van der Waals surface area contributed by atoms with Gasteiger partial charge >= 0.3 is 0 Å². The molecule has 2 atom stereocenters. The zero-order valence-corrected chi connectivity index (χ0v) is 18.7. The quantitative estimate of drug-likeness (QED) is 0.468. The number of halogens is 1. The standard InChI is InChI=1S/C25H25FN6O2/c1-15-7-21(23(12-27-15)34-19-8-17-13-33-14-18(9-19)29-17)20-3-2-6-32-22(20)10-25(31-32)30-24-5-4-16(26)11-28-24/h2-7,10-12,17-19,29H,8-9,13-14H2,1H3,(H,28,30,31). The Balaban J connectivity index is 1.33. The number of morpholine rings is 1. The molecule has 8 nitrogen and oxygen atoms in total. The van der Waals surface area contributed by atoms with Crippen LogP contribution in [0.1, 0.15) is 18.5 Å². The van der Waals surface area contributed by atoms with Gasteiger partial charge in [-0.25, -0.2) is 13.9 Å². The molecule has 2 unspecified atom stereocenters. The largest absolute Gasteiger partial charge is 0.488 e. The summed E-state index contributed by atoms with van der Waals surface area (Å²) < 4.78 is 27.2. The van der Waals surface area contributed by atoms with Crippen LogP contribution in [0.2, 0.25) is 0 Å². The highest BCUT2D eigenvalue weighted by Crippen LogP contribution is 2.36. The minimum Gasteiger partial charge on any atom is -0.488 e. The fourth-order valence-electron chi connectivity index (χ4n) is 4.80. The number of piperidine rings is 1. The summed E-state index contributed by atoms with van der Waals surface area (Å²) in [5.41, 5.74) is 3.80. The first-order chi connectivity index (χ1) is 16.6. The molecule has 0 amide bonds. The summed E-state index contributed by atoms with van der Waals surface area (Å²) >= 11 is 0. The lowest BCUT2D eigenvalue weighted by atomic mass is 9.94. The number of nitrogens with zero attached hydrogens (tertiary/aromatic N) is 4. The van der Waals surface area contributed by atoms with Gasteiger partial charge in [-0.05, 0) is 31.2 Å². The van der Waals surface area contributed by atoms with Crippen LogP contribution in [0.3, 0.4) is 0 Å². The zero-order valence-electron chi connectivity index (χ0n) is 18.7. The summed E-state index contributed by atoms with van der Waals surface area (Å²) in [5, 5.41) is 11.4. The number of fused-ring (bicyclic) bond motifs is 3. The molecular formula is C25H25FN6O2. The minimum absolute atomic E-state index is 0.106. The lowest BCUT2D eigenvalue weighted by Crippen LogP contribution is -2.56. The van der Waals surface area contributed by atoms with Crippen molar-refractivity contribution in [3.63, 3.8) is 0 Å². The van der Waals surface area contributed by atoms with Crippen LogP contribution >= 0.6 is 0 Å². The summed E-state index contributed by atoms with van der Waals surface area (Å²) in [5.74, 6) is 1.52. The van der Waals surface area contributed by atoms with Crippen LogP contribution in [0.4, 0.5) is 16.0 Å². The molecule has 174 valence electrons. The predicted molar refractivity (Wildman–Crippen MR) is 126 cm³/mol. The topological polar surface area (TPSA) is 85.6 Å².